The van der Waals surface area contributed by atoms with Gasteiger partial charge in [-0.2, -0.15) is 0 Å². The zero-order chi connectivity index (χ0) is 37.0. The summed E-state index contributed by atoms with van der Waals surface area (Å²) in [7, 11) is 0. The van der Waals surface area contributed by atoms with Gasteiger partial charge in [0.05, 0.1) is 5.69 Å². The maximum absolute atomic E-state index is 12.1. The number of carbonyl (C=O) groups is 5. The smallest absolute Gasteiger partial charge is 0.249 e. The van der Waals surface area contributed by atoms with Crippen LogP contribution in [0.15, 0.2) is 9.59 Å². The lowest BCUT2D eigenvalue weighted by Gasteiger charge is -2.24. The van der Waals surface area contributed by atoms with E-state index in [4.69, 9.17) is 0 Å². The molecule has 0 bridgehead atoms. The number of hydrogen-bond donors (Lipinski definition) is 6. The Morgan fingerprint density at radius 1 is 0.571 bits per heavy atom. The van der Waals surface area contributed by atoms with Gasteiger partial charge in [-0.15, -0.1) is 0 Å². The molecule has 0 saturated carbocycles. The Morgan fingerprint density at radius 3 is 1.39 bits per heavy atom. The maximum atomic E-state index is 12.1. The largest absolute Gasteiger partial charge is 0.381 e. The third kappa shape index (κ3) is 17.4. The SMILES string of the molecule is CC(=O)N(O)CCCCCNC(=O)CCC(=O)N(O)CCCCCNC(=O)CCC(=O)N(O)CCCCCNc1c(C(C)(C)C)c(=O)c1=O. The van der Waals surface area contributed by atoms with Gasteiger partial charge >= 0.3 is 0 Å². The van der Waals surface area contributed by atoms with Crippen LogP contribution in [0.2, 0.25) is 0 Å². The van der Waals surface area contributed by atoms with E-state index in [0.717, 1.165) is 0 Å². The molecule has 1 aromatic carbocycles. The lowest BCUT2D eigenvalue weighted by molar-refractivity contribution is -0.166. The Bertz CT molecular complexity index is 1290. The van der Waals surface area contributed by atoms with E-state index >= 15 is 0 Å². The predicted molar refractivity (Wildman–Crippen MR) is 181 cm³/mol. The minimum Gasteiger partial charge on any atom is -0.381 e. The van der Waals surface area contributed by atoms with Crippen molar-refractivity contribution >= 4 is 35.2 Å². The van der Waals surface area contributed by atoms with Crippen LogP contribution in [0.1, 0.15) is 117 Å². The molecule has 0 spiro atoms. The summed E-state index contributed by atoms with van der Waals surface area (Å²) < 4.78 is 0. The number of nitrogens with one attached hydrogen (secondary N) is 3. The van der Waals surface area contributed by atoms with E-state index in [1.165, 1.54) is 6.92 Å². The molecule has 0 unspecified atom stereocenters. The highest BCUT2D eigenvalue weighted by Gasteiger charge is 2.29. The topological polar surface area (TPSA) is 226 Å². The van der Waals surface area contributed by atoms with Crippen molar-refractivity contribution in [2.75, 3.05) is 44.6 Å². The first kappa shape index (κ1) is 43.1. The van der Waals surface area contributed by atoms with E-state index in [1.54, 1.807) is 0 Å². The van der Waals surface area contributed by atoms with Gasteiger partial charge < -0.3 is 16.0 Å². The number of hydroxylamine groups is 6. The highest BCUT2D eigenvalue weighted by molar-refractivity contribution is 5.83. The number of nitrogens with zero attached hydrogens (tertiary/aromatic N) is 3. The molecule has 5 amide bonds. The lowest BCUT2D eigenvalue weighted by Crippen LogP contribution is -2.43. The van der Waals surface area contributed by atoms with Crippen molar-refractivity contribution in [3.05, 3.63) is 26.0 Å². The Balaban J connectivity index is 2.04. The molecule has 6 N–H and O–H groups in total. The number of hydrogen-bond acceptors (Lipinski definition) is 11. The third-order valence-electron chi connectivity index (χ3n) is 7.82. The number of anilines is 1. The highest BCUT2D eigenvalue weighted by atomic mass is 16.5. The third-order valence-corrected chi connectivity index (χ3v) is 7.82. The Kier molecular flexibility index (Phi) is 20.0. The van der Waals surface area contributed by atoms with Gasteiger partial charge in [0.2, 0.25) is 40.4 Å². The molecule has 0 radical (unpaired) electrons. The van der Waals surface area contributed by atoms with Crippen LogP contribution in [-0.4, -0.2) is 99.6 Å². The van der Waals surface area contributed by atoms with Gasteiger partial charge in [-0.1, -0.05) is 20.8 Å². The van der Waals surface area contributed by atoms with Gasteiger partial charge in [-0.05, 0) is 63.2 Å². The number of amides is 5. The fourth-order valence-electron chi connectivity index (χ4n) is 4.92. The second-order valence-corrected chi connectivity index (χ2v) is 13.1. The molecule has 1 rings (SSSR count). The van der Waals surface area contributed by atoms with Crippen LogP contribution in [0.3, 0.4) is 0 Å². The highest BCUT2D eigenvalue weighted by Crippen LogP contribution is 2.25. The van der Waals surface area contributed by atoms with Gasteiger partial charge in [-0.3, -0.25) is 49.2 Å². The molecule has 278 valence electrons. The summed E-state index contributed by atoms with van der Waals surface area (Å²) >= 11 is 0. The molecule has 0 atom stereocenters. The van der Waals surface area contributed by atoms with Crippen molar-refractivity contribution in [3.8, 4) is 0 Å². The monoisotopic (exact) mass is 696 g/mol. The van der Waals surface area contributed by atoms with Crippen molar-refractivity contribution < 1.29 is 39.6 Å². The second kappa shape index (κ2) is 22.7. The van der Waals surface area contributed by atoms with Crippen molar-refractivity contribution in [1.29, 1.82) is 0 Å². The molecule has 0 heterocycles. The first-order valence-corrected chi connectivity index (χ1v) is 17.1. The average molecular weight is 697 g/mol. The van der Waals surface area contributed by atoms with E-state index < -0.39 is 34.0 Å². The lowest BCUT2D eigenvalue weighted by atomic mass is 9.82. The average Bonchev–Trinajstić information content (AvgIpc) is 3.04. The van der Waals surface area contributed by atoms with Gasteiger partial charge in [0.1, 0.15) is 0 Å². The van der Waals surface area contributed by atoms with Crippen molar-refractivity contribution in [1.82, 2.24) is 25.8 Å². The van der Waals surface area contributed by atoms with E-state index in [1.807, 2.05) is 20.8 Å². The molecule has 49 heavy (non-hydrogen) atoms. The first-order valence-electron chi connectivity index (χ1n) is 17.1. The predicted octanol–water partition coefficient (Wildman–Crippen LogP) is 1.97. The van der Waals surface area contributed by atoms with Crippen LogP contribution in [0.25, 0.3) is 0 Å². The van der Waals surface area contributed by atoms with E-state index in [2.05, 4.69) is 16.0 Å². The van der Waals surface area contributed by atoms with E-state index in [0.29, 0.717) is 104 Å². The summed E-state index contributed by atoms with van der Waals surface area (Å²) in [5, 5.41) is 39.4. The normalized spacial score (nSPS) is 11.2. The Labute approximate surface area is 287 Å². The Morgan fingerprint density at radius 2 is 0.980 bits per heavy atom. The number of rotatable bonds is 25. The zero-order valence-electron chi connectivity index (χ0n) is 29.5. The number of carbonyl (C=O) groups excluding carboxylic acids is 5. The molecular weight excluding hydrogens is 640 g/mol. The van der Waals surface area contributed by atoms with E-state index in [9.17, 15) is 49.2 Å². The zero-order valence-corrected chi connectivity index (χ0v) is 29.5. The summed E-state index contributed by atoms with van der Waals surface area (Å²) in [5.74, 6) is -2.19. The Hall–Kier alpha value is -3.89. The van der Waals surface area contributed by atoms with Crippen LogP contribution in [0.4, 0.5) is 5.69 Å². The number of unbranched alkanes of at least 4 members (excludes halogenated alkanes) is 6. The fourth-order valence-corrected chi connectivity index (χ4v) is 4.92. The van der Waals surface area contributed by atoms with Crippen LogP contribution in [0, 0.1) is 0 Å². The van der Waals surface area contributed by atoms with Crippen molar-refractivity contribution in [2.24, 2.45) is 0 Å². The van der Waals surface area contributed by atoms with Crippen LogP contribution in [-0.2, 0) is 29.4 Å². The summed E-state index contributed by atoms with van der Waals surface area (Å²) in [6.07, 6.45) is 5.13. The maximum Gasteiger partial charge on any atom is 0.249 e. The molecule has 0 aliphatic rings. The van der Waals surface area contributed by atoms with Gasteiger partial charge in [0, 0.05) is 77.4 Å². The molecule has 16 nitrogen and oxygen atoms in total. The molecule has 0 aliphatic carbocycles. The molecule has 16 heteroatoms. The fraction of sp³-hybridized carbons (Fsp3) is 0.727. The van der Waals surface area contributed by atoms with Crippen LogP contribution < -0.4 is 26.8 Å². The summed E-state index contributed by atoms with van der Waals surface area (Å²) in [6.45, 7) is 8.57. The second-order valence-electron chi connectivity index (χ2n) is 13.1. The molecule has 0 saturated heterocycles. The first-order chi connectivity index (χ1) is 23.1. The van der Waals surface area contributed by atoms with Gasteiger partial charge in [0.25, 0.3) is 0 Å². The minimum absolute atomic E-state index is 0.0583. The van der Waals surface area contributed by atoms with Crippen molar-refractivity contribution in [3.63, 3.8) is 0 Å². The summed E-state index contributed by atoms with van der Waals surface area (Å²) in [4.78, 5) is 82.8. The molecule has 0 aromatic heterocycles. The minimum atomic E-state index is -0.566. The molecular formula is C33H56N6O10. The van der Waals surface area contributed by atoms with Crippen molar-refractivity contribution in [2.45, 2.75) is 117 Å². The van der Waals surface area contributed by atoms with E-state index in [-0.39, 0.29) is 57.1 Å². The quantitative estimate of drug-likeness (QED) is 0.0375. The van der Waals surface area contributed by atoms with Gasteiger partial charge in [-0.25, -0.2) is 15.2 Å². The van der Waals surface area contributed by atoms with Crippen LogP contribution >= 0.6 is 0 Å². The standard InChI is InChI=1S/C33H56N6O10/c1-24(40)37(47)21-11-5-8-18-34-25(41)14-16-27(43)38(48)22-12-6-9-19-35-26(42)15-17-28(44)39(49)23-13-7-10-20-36-30-29(33(2,3)4)31(45)32(30)46/h36,47-49H,5-23H2,1-4H3,(H,34,41)(H,35,42). The van der Waals surface area contributed by atoms with Gasteiger partial charge in [0.15, 0.2) is 0 Å². The summed E-state index contributed by atoms with van der Waals surface area (Å²) in [6, 6.07) is 0. The molecule has 1 aromatic rings. The summed E-state index contributed by atoms with van der Waals surface area (Å²) in [5.41, 5.74) is -0.462. The molecule has 0 aliphatic heterocycles. The molecule has 0 fully saturated rings. The van der Waals surface area contributed by atoms with Crippen LogP contribution in [0.5, 0.6) is 0 Å².